The van der Waals surface area contributed by atoms with Gasteiger partial charge < -0.3 is 10.5 Å². The molecule has 2 N–H and O–H groups in total. The number of hydrogen-bond acceptors (Lipinski definition) is 4. The summed E-state index contributed by atoms with van der Waals surface area (Å²) in [4.78, 5) is 18.2. The van der Waals surface area contributed by atoms with E-state index in [1.807, 2.05) is 18.1 Å². The highest BCUT2D eigenvalue weighted by molar-refractivity contribution is 14.1. The van der Waals surface area contributed by atoms with Crippen molar-refractivity contribution in [2.24, 2.45) is 17.6 Å². The van der Waals surface area contributed by atoms with Gasteiger partial charge in [0.15, 0.2) is 0 Å². The Kier molecular flexibility index (Phi) is 7.61. The van der Waals surface area contributed by atoms with Crippen LogP contribution < -0.4 is 5.73 Å². The number of alkyl halides is 1. The van der Waals surface area contributed by atoms with Crippen molar-refractivity contribution in [3.63, 3.8) is 0 Å². The Hall–Kier alpha value is -0.180. The maximum Gasteiger partial charge on any atom is 0.258 e. The Morgan fingerprint density at radius 2 is 1.74 bits per heavy atom. The van der Waals surface area contributed by atoms with Crippen LogP contribution in [0.25, 0.3) is 0 Å². The minimum Gasteiger partial charge on any atom is -0.372 e. The molecule has 0 spiro atoms. The summed E-state index contributed by atoms with van der Waals surface area (Å²) >= 11 is 3.70. The molecular formula is C21H33IN2O2S. The number of thiophene rings is 1. The Labute approximate surface area is 181 Å². The van der Waals surface area contributed by atoms with E-state index in [2.05, 4.69) is 33.6 Å². The lowest BCUT2D eigenvalue weighted by Crippen LogP contribution is -2.60. The van der Waals surface area contributed by atoms with Crippen molar-refractivity contribution in [3.8, 4) is 0 Å². The molecule has 1 amide bonds. The van der Waals surface area contributed by atoms with Gasteiger partial charge in [0.1, 0.15) is 5.60 Å². The first-order valence-corrected chi connectivity index (χ1v) is 13.2. The molecule has 0 radical (unpaired) electrons. The van der Waals surface area contributed by atoms with E-state index in [9.17, 15) is 4.79 Å². The summed E-state index contributed by atoms with van der Waals surface area (Å²) in [5, 5.41) is 0. The first-order valence-electron chi connectivity index (χ1n) is 10.2. The number of piperidine rings is 1. The number of carbonyl (C=O) groups is 1. The first-order chi connectivity index (χ1) is 13.1. The summed E-state index contributed by atoms with van der Waals surface area (Å²) in [5.41, 5.74) is 5.28. The number of amides is 1. The first kappa shape index (κ1) is 21.5. The number of hydrogen-bond donors (Lipinski definition) is 1. The molecule has 152 valence electrons. The third kappa shape index (κ3) is 4.09. The quantitative estimate of drug-likeness (QED) is 0.473. The molecule has 2 aliphatic carbocycles. The lowest BCUT2D eigenvalue weighted by Gasteiger charge is -2.56. The molecule has 4 rings (SSSR count). The summed E-state index contributed by atoms with van der Waals surface area (Å²) < 4.78 is 6.29. The van der Waals surface area contributed by atoms with Crippen molar-refractivity contribution in [3.05, 3.63) is 21.9 Å². The van der Waals surface area contributed by atoms with E-state index >= 15 is 0 Å². The number of ether oxygens (including phenoxy) is 1. The zero-order valence-corrected chi connectivity index (χ0v) is 19.6. The van der Waals surface area contributed by atoms with Crippen molar-refractivity contribution in [2.45, 2.75) is 63.0 Å². The number of halogens is 1. The number of methoxy groups -OCH3 is 1. The van der Waals surface area contributed by atoms with Crippen LogP contribution in [-0.4, -0.2) is 42.0 Å². The van der Waals surface area contributed by atoms with Gasteiger partial charge in [0.25, 0.3) is 5.91 Å². The normalized spacial score (nSPS) is 31.8. The van der Waals surface area contributed by atoms with Crippen LogP contribution in [0.1, 0.15) is 65.9 Å². The summed E-state index contributed by atoms with van der Waals surface area (Å²) in [6.45, 7) is 2.28. The molecule has 2 bridgehead atoms. The third-order valence-electron chi connectivity index (χ3n) is 6.89. The number of nitrogens with two attached hydrogens (primary N) is 1. The standard InChI is InChI=1S/C20H30N2O2S.CH3I/c1-24-20(18-11-10-17(25-18)19(21)23)14-6-5-7-15(20)13-22(12-14)16-8-3-2-4-9-16;1-2/h10-11,14-16H,2-9,12-13H2,1H3,(H2,21,23);1H3. The van der Waals surface area contributed by atoms with Crippen molar-refractivity contribution in [2.75, 3.05) is 25.1 Å². The van der Waals surface area contributed by atoms with E-state index in [0.717, 1.165) is 19.1 Å². The van der Waals surface area contributed by atoms with Crippen LogP contribution in [-0.2, 0) is 10.3 Å². The van der Waals surface area contributed by atoms with Gasteiger partial charge in [-0.3, -0.25) is 9.69 Å². The van der Waals surface area contributed by atoms with Crippen LogP contribution in [0.15, 0.2) is 12.1 Å². The largest absolute Gasteiger partial charge is 0.372 e. The number of carbonyl (C=O) groups excluding carboxylic acids is 1. The van der Waals surface area contributed by atoms with Gasteiger partial charge in [-0.2, -0.15) is 0 Å². The number of rotatable bonds is 4. The van der Waals surface area contributed by atoms with Crippen LogP contribution in [0, 0.1) is 11.8 Å². The van der Waals surface area contributed by atoms with Gasteiger partial charge in [-0.15, -0.1) is 11.3 Å². The van der Waals surface area contributed by atoms with Crippen molar-refractivity contribution in [1.29, 1.82) is 0 Å². The average molecular weight is 504 g/mol. The van der Waals surface area contributed by atoms with Gasteiger partial charge in [0.2, 0.25) is 0 Å². The number of likely N-dealkylation sites (tertiary alicyclic amines) is 1. The highest BCUT2D eigenvalue weighted by Crippen LogP contribution is 2.53. The van der Waals surface area contributed by atoms with E-state index in [0.29, 0.717) is 16.7 Å². The van der Waals surface area contributed by atoms with Crippen LogP contribution in [0.2, 0.25) is 0 Å². The zero-order chi connectivity index (χ0) is 19.4. The number of nitrogens with zero attached hydrogens (tertiary/aromatic N) is 1. The Morgan fingerprint density at radius 3 is 2.26 bits per heavy atom. The average Bonchev–Trinajstić information content (AvgIpc) is 3.20. The number of fused-ring (bicyclic) bond motifs is 2. The van der Waals surface area contributed by atoms with Gasteiger partial charge in [0.05, 0.1) is 4.88 Å². The predicted molar refractivity (Wildman–Crippen MR) is 121 cm³/mol. The highest BCUT2D eigenvalue weighted by atomic mass is 127. The molecular weight excluding hydrogens is 471 g/mol. The van der Waals surface area contributed by atoms with E-state index < -0.39 is 0 Å². The Bertz CT molecular complexity index is 615. The fraction of sp³-hybridized carbons (Fsp3) is 0.762. The molecule has 1 saturated heterocycles. The molecule has 4 nitrogen and oxygen atoms in total. The lowest BCUT2D eigenvalue weighted by molar-refractivity contribution is -0.173. The van der Waals surface area contributed by atoms with Gasteiger partial charge in [0, 0.05) is 43.0 Å². The lowest BCUT2D eigenvalue weighted by atomic mass is 9.64. The van der Waals surface area contributed by atoms with Gasteiger partial charge in [-0.25, -0.2) is 0 Å². The van der Waals surface area contributed by atoms with E-state index in [1.165, 1.54) is 56.2 Å². The molecule has 3 fully saturated rings. The predicted octanol–water partition coefficient (Wildman–Crippen LogP) is 4.80. The van der Waals surface area contributed by atoms with Crippen molar-refractivity contribution in [1.82, 2.24) is 4.90 Å². The molecule has 27 heavy (non-hydrogen) atoms. The SMILES string of the molecule is CI.COC1(c2ccc(C(N)=O)s2)C2CCCC1CN(C1CCCCC1)C2. The van der Waals surface area contributed by atoms with Crippen LogP contribution in [0.3, 0.4) is 0 Å². The maximum absolute atomic E-state index is 11.6. The van der Waals surface area contributed by atoms with Crippen molar-refractivity contribution >= 4 is 39.8 Å². The third-order valence-corrected chi connectivity index (χ3v) is 8.12. The second-order valence-electron chi connectivity index (χ2n) is 8.10. The molecule has 3 aliphatic rings. The summed E-state index contributed by atoms with van der Waals surface area (Å²) in [5.74, 6) is 0.713. The van der Waals surface area contributed by atoms with E-state index in [4.69, 9.17) is 10.5 Å². The fourth-order valence-corrected chi connectivity index (χ4v) is 6.91. The van der Waals surface area contributed by atoms with Gasteiger partial charge in [-0.05, 0) is 42.7 Å². The Morgan fingerprint density at radius 1 is 1.11 bits per heavy atom. The molecule has 0 aromatic carbocycles. The highest BCUT2D eigenvalue weighted by Gasteiger charge is 2.54. The molecule has 2 saturated carbocycles. The Balaban J connectivity index is 0.00000102. The summed E-state index contributed by atoms with van der Waals surface area (Å²) in [6.07, 6.45) is 10.7. The van der Waals surface area contributed by atoms with Crippen LogP contribution in [0.5, 0.6) is 0 Å². The molecule has 2 atom stereocenters. The summed E-state index contributed by atoms with van der Waals surface area (Å²) in [7, 11) is 1.87. The molecule has 1 aromatic rings. The second-order valence-corrected chi connectivity index (χ2v) is 9.18. The number of primary amides is 1. The van der Waals surface area contributed by atoms with Gasteiger partial charge >= 0.3 is 0 Å². The van der Waals surface area contributed by atoms with Crippen molar-refractivity contribution < 1.29 is 9.53 Å². The second kappa shape index (κ2) is 9.55. The summed E-state index contributed by atoms with van der Waals surface area (Å²) in [6, 6.07) is 4.75. The molecule has 1 aliphatic heterocycles. The smallest absolute Gasteiger partial charge is 0.258 e. The minimum atomic E-state index is -0.327. The fourth-order valence-electron chi connectivity index (χ4n) is 5.73. The molecule has 2 heterocycles. The zero-order valence-electron chi connectivity index (χ0n) is 16.6. The molecule has 1 aromatic heterocycles. The van der Waals surface area contributed by atoms with E-state index in [1.54, 1.807) is 11.3 Å². The molecule has 6 heteroatoms. The monoisotopic (exact) mass is 504 g/mol. The molecule has 2 unspecified atom stereocenters. The van der Waals surface area contributed by atoms with Crippen LogP contribution >= 0.6 is 33.9 Å². The van der Waals surface area contributed by atoms with E-state index in [-0.39, 0.29) is 11.5 Å². The minimum absolute atomic E-state index is 0.220. The topological polar surface area (TPSA) is 55.6 Å². The van der Waals surface area contributed by atoms with Gasteiger partial charge in [-0.1, -0.05) is 48.3 Å². The maximum atomic E-state index is 11.6. The van der Waals surface area contributed by atoms with Crippen LogP contribution in [0.4, 0.5) is 0 Å².